The van der Waals surface area contributed by atoms with Crippen molar-refractivity contribution in [1.82, 2.24) is 14.8 Å². The average molecular weight is 490 g/mol. The van der Waals surface area contributed by atoms with Crippen LogP contribution >= 0.6 is 11.6 Å². The summed E-state index contributed by atoms with van der Waals surface area (Å²) in [6.45, 7) is 0. The van der Waals surface area contributed by atoms with Gasteiger partial charge in [0, 0.05) is 22.7 Å². The molecule has 10 heteroatoms. The normalized spacial score (nSPS) is 17.0. The zero-order valence-electron chi connectivity index (χ0n) is 18.6. The number of fused-ring (bicyclic) bond motifs is 1. The fraction of sp³-hybridized carbons (Fsp3) is 0.160. The van der Waals surface area contributed by atoms with Crippen LogP contribution < -0.4 is 9.64 Å². The minimum Gasteiger partial charge on any atom is -0.497 e. The van der Waals surface area contributed by atoms with Crippen molar-refractivity contribution in [3.8, 4) is 5.75 Å². The lowest BCUT2D eigenvalue weighted by Crippen LogP contribution is -2.42. The third kappa shape index (κ3) is 4.22. The van der Waals surface area contributed by atoms with Gasteiger partial charge in [0.25, 0.3) is 11.6 Å². The number of hydrogen-bond donors (Lipinski definition) is 0. The Labute approximate surface area is 205 Å². The summed E-state index contributed by atoms with van der Waals surface area (Å²) in [6, 6.07) is 20.0. The highest BCUT2D eigenvalue weighted by Crippen LogP contribution is 2.43. The van der Waals surface area contributed by atoms with Crippen LogP contribution in [0.3, 0.4) is 0 Å². The number of carbonyl (C=O) groups excluding carboxylic acids is 1. The number of nitro benzene ring substituents is 1. The van der Waals surface area contributed by atoms with Crippen LogP contribution in [0.1, 0.15) is 40.0 Å². The number of nitro groups is 1. The second kappa shape index (κ2) is 9.19. The molecule has 1 aromatic heterocycles. The predicted octanol–water partition coefficient (Wildman–Crippen LogP) is 5.23. The molecule has 0 spiro atoms. The fourth-order valence-electron chi connectivity index (χ4n) is 4.39. The van der Waals surface area contributed by atoms with Gasteiger partial charge in [-0.2, -0.15) is 10.1 Å². The molecule has 0 saturated carbocycles. The van der Waals surface area contributed by atoms with E-state index in [4.69, 9.17) is 16.3 Å². The first-order valence-electron chi connectivity index (χ1n) is 10.8. The lowest BCUT2D eigenvalue weighted by atomic mass is 9.91. The Morgan fingerprint density at radius 1 is 1.06 bits per heavy atom. The molecule has 4 aromatic rings. The van der Waals surface area contributed by atoms with Crippen molar-refractivity contribution < 1.29 is 14.5 Å². The van der Waals surface area contributed by atoms with Crippen molar-refractivity contribution in [3.63, 3.8) is 0 Å². The van der Waals surface area contributed by atoms with Gasteiger partial charge in [-0.15, -0.1) is 0 Å². The molecule has 9 nitrogen and oxygen atoms in total. The molecular weight excluding hydrogens is 470 g/mol. The minimum absolute atomic E-state index is 0.159. The highest BCUT2D eigenvalue weighted by molar-refractivity contribution is 6.30. The van der Waals surface area contributed by atoms with Gasteiger partial charge < -0.3 is 4.74 Å². The number of non-ortho nitro benzene ring substituents is 1. The number of ether oxygens (including phenoxy) is 1. The largest absolute Gasteiger partial charge is 0.497 e. The Balaban J connectivity index is 1.63. The first kappa shape index (κ1) is 22.5. The van der Waals surface area contributed by atoms with E-state index in [0.717, 1.165) is 16.9 Å². The zero-order valence-corrected chi connectivity index (χ0v) is 19.4. The molecule has 0 unspecified atom stereocenters. The molecule has 176 valence electrons. The van der Waals surface area contributed by atoms with Gasteiger partial charge in [0.1, 0.15) is 12.1 Å². The Hall–Kier alpha value is -4.24. The maximum Gasteiger partial charge on any atom is 0.270 e. The monoisotopic (exact) mass is 489 g/mol. The Morgan fingerprint density at radius 3 is 2.43 bits per heavy atom. The Bertz CT molecular complexity index is 1390. The number of aromatic nitrogens is 3. The number of methoxy groups -OCH3 is 1. The summed E-state index contributed by atoms with van der Waals surface area (Å²) in [5, 5.41) is 16.3. The van der Waals surface area contributed by atoms with Crippen molar-refractivity contribution >= 4 is 29.1 Å². The number of carbonyl (C=O) groups is 1. The van der Waals surface area contributed by atoms with Gasteiger partial charge in [0.05, 0.1) is 24.1 Å². The molecule has 35 heavy (non-hydrogen) atoms. The second-order valence-electron chi connectivity index (χ2n) is 8.08. The van der Waals surface area contributed by atoms with Crippen molar-refractivity contribution in [2.75, 3.05) is 12.0 Å². The van der Waals surface area contributed by atoms with Crippen LogP contribution in [0, 0.1) is 10.1 Å². The maximum atomic E-state index is 13.8. The summed E-state index contributed by atoms with van der Waals surface area (Å²) in [7, 11) is 1.61. The number of anilines is 1. The standard InChI is InChI=1S/C25H20ClN5O4/c1-35-21-11-7-17(8-12-21)23-14-22(16-5-9-19(26)10-6-16)29(25-27-15-28-30(23)25)24(32)18-3-2-4-20(13-18)31(33)34/h2-13,15,22-23H,14H2,1H3/t22-,23+/m0/s1. The van der Waals surface area contributed by atoms with E-state index in [-0.39, 0.29) is 17.3 Å². The molecule has 0 fully saturated rings. The molecule has 0 radical (unpaired) electrons. The van der Waals surface area contributed by atoms with E-state index in [2.05, 4.69) is 10.1 Å². The van der Waals surface area contributed by atoms with Crippen LogP contribution in [-0.2, 0) is 0 Å². The van der Waals surface area contributed by atoms with Gasteiger partial charge in [0.2, 0.25) is 5.95 Å². The molecule has 0 aliphatic carbocycles. The van der Waals surface area contributed by atoms with E-state index in [1.807, 2.05) is 36.4 Å². The van der Waals surface area contributed by atoms with Crippen molar-refractivity contribution in [1.29, 1.82) is 0 Å². The zero-order chi connectivity index (χ0) is 24.5. The average Bonchev–Trinajstić information content (AvgIpc) is 3.38. The summed E-state index contributed by atoms with van der Waals surface area (Å²) in [4.78, 5) is 30.5. The third-order valence-electron chi connectivity index (χ3n) is 6.10. The molecule has 0 bridgehead atoms. The minimum atomic E-state index is -0.522. The number of rotatable bonds is 5. The molecule has 1 amide bonds. The summed E-state index contributed by atoms with van der Waals surface area (Å²) in [6.07, 6.45) is 1.91. The molecule has 1 aliphatic heterocycles. The van der Waals surface area contributed by atoms with Gasteiger partial charge in [0.15, 0.2) is 0 Å². The molecule has 1 aliphatic rings. The van der Waals surface area contributed by atoms with Crippen LogP contribution in [0.15, 0.2) is 79.1 Å². The summed E-state index contributed by atoms with van der Waals surface area (Å²) < 4.78 is 7.00. The number of halogens is 1. The quantitative estimate of drug-likeness (QED) is 0.281. The molecule has 0 N–H and O–H groups in total. The summed E-state index contributed by atoms with van der Waals surface area (Å²) in [5.41, 5.74) is 1.88. The second-order valence-corrected chi connectivity index (χ2v) is 8.52. The van der Waals surface area contributed by atoms with E-state index >= 15 is 0 Å². The molecule has 2 atom stereocenters. The SMILES string of the molecule is COc1ccc([C@H]2C[C@@H](c3ccc(Cl)cc3)N(C(=O)c3cccc([N+](=O)[O-])c3)c3ncnn32)cc1. The smallest absolute Gasteiger partial charge is 0.270 e. The first-order chi connectivity index (χ1) is 17.0. The van der Waals surface area contributed by atoms with Gasteiger partial charge in [-0.25, -0.2) is 4.68 Å². The van der Waals surface area contributed by atoms with Gasteiger partial charge >= 0.3 is 0 Å². The lowest BCUT2D eigenvalue weighted by molar-refractivity contribution is -0.384. The van der Waals surface area contributed by atoms with E-state index in [1.54, 1.807) is 34.9 Å². The predicted molar refractivity (Wildman–Crippen MR) is 130 cm³/mol. The van der Waals surface area contributed by atoms with Crippen molar-refractivity contribution in [2.24, 2.45) is 0 Å². The molecular formula is C25H20ClN5O4. The third-order valence-corrected chi connectivity index (χ3v) is 6.35. The van der Waals surface area contributed by atoms with Gasteiger partial charge in [-0.3, -0.25) is 19.8 Å². The van der Waals surface area contributed by atoms with E-state index in [0.29, 0.717) is 17.4 Å². The fourth-order valence-corrected chi connectivity index (χ4v) is 4.52. The molecule has 0 saturated heterocycles. The highest BCUT2D eigenvalue weighted by atomic mass is 35.5. The van der Waals surface area contributed by atoms with E-state index in [9.17, 15) is 14.9 Å². The number of hydrogen-bond acceptors (Lipinski definition) is 6. The highest BCUT2D eigenvalue weighted by Gasteiger charge is 2.40. The van der Waals surface area contributed by atoms with Gasteiger partial charge in [-0.05, 0) is 47.9 Å². The van der Waals surface area contributed by atoms with Crippen LogP contribution in [0.4, 0.5) is 11.6 Å². The maximum absolute atomic E-state index is 13.8. The van der Waals surface area contributed by atoms with Crippen LogP contribution in [0.25, 0.3) is 0 Å². The van der Waals surface area contributed by atoms with Crippen molar-refractivity contribution in [2.45, 2.75) is 18.5 Å². The number of nitrogens with zero attached hydrogens (tertiary/aromatic N) is 5. The Morgan fingerprint density at radius 2 is 1.74 bits per heavy atom. The molecule has 2 heterocycles. The number of benzene rings is 3. The lowest BCUT2D eigenvalue weighted by Gasteiger charge is -2.39. The van der Waals surface area contributed by atoms with Crippen LogP contribution in [0.2, 0.25) is 5.02 Å². The van der Waals surface area contributed by atoms with Crippen molar-refractivity contribution in [3.05, 3.63) is 111 Å². The molecule has 5 rings (SSSR count). The van der Waals surface area contributed by atoms with Gasteiger partial charge in [-0.1, -0.05) is 41.9 Å². The van der Waals surface area contributed by atoms with Crippen LogP contribution in [-0.4, -0.2) is 32.7 Å². The number of amides is 1. The van der Waals surface area contributed by atoms with E-state index in [1.165, 1.54) is 24.5 Å². The van der Waals surface area contributed by atoms with Crippen LogP contribution in [0.5, 0.6) is 5.75 Å². The Kier molecular flexibility index (Phi) is 5.92. The first-order valence-corrected chi connectivity index (χ1v) is 11.2. The summed E-state index contributed by atoms with van der Waals surface area (Å²) >= 11 is 6.13. The summed E-state index contributed by atoms with van der Waals surface area (Å²) in [5.74, 6) is 0.685. The van der Waals surface area contributed by atoms with E-state index < -0.39 is 16.9 Å². The molecule has 3 aromatic carbocycles. The topological polar surface area (TPSA) is 103 Å².